The van der Waals surface area contributed by atoms with Crippen molar-refractivity contribution in [1.29, 1.82) is 10.7 Å². The number of aromatic nitrogens is 3. The van der Waals surface area contributed by atoms with Crippen molar-refractivity contribution in [3.8, 4) is 6.07 Å². The molecule has 0 spiro atoms. The first kappa shape index (κ1) is 18.4. The van der Waals surface area contributed by atoms with Crippen LogP contribution in [0.2, 0.25) is 0 Å². The Bertz CT molecular complexity index is 945. The number of piperidine rings is 1. The van der Waals surface area contributed by atoms with E-state index in [-0.39, 0.29) is 5.84 Å². The summed E-state index contributed by atoms with van der Waals surface area (Å²) in [7, 11) is 0. The average Bonchev–Trinajstić information content (AvgIpc) is 3.18. The van der Waals surface area contributed by atoms with Gasteiger partial charge in [0.05, 0.1) is 30.9 Å². The highest BCUT2D eigenvalue weighted by Gasteiger charge is 2.37. The molecule has 2 aromatic heterocycles. The number of fused-ring (bicyclic) bond motifs is 1. The van der Waals surface area contributed by atoms with E-state index >= 15 is 0 Å². The summed E-state index contributed by atoms with van der Waals surface area (Å²) in [6, 6.07) is 4.62. The molecule has 0 aromatic carbocycles. The molecule has 0 unspecified atom stereocenters. The van der Waals surface area contributed by atoms with Crippen LogP contribution in [0.1, 0.15) is 18.4 Å². The van der Waals surface area contributed by atoms with Crippen LogP contribution in [0.3, 0.4) is 0 Å². The molecule has 2 saturated heterocycles. The Balaban J connectivity index is 1.92. The molecule has 9 nitrogen and oxygen atoms in total. The lowest BCUT2D eigenvalue weighted by Crippen LogP contribution is -2.40. The number of hydrogen-bond donors (Lipinski definition) is 3. The Morgan fingerprint density at radius 1 is 1.36 bits per heavy atom. The minimum Gasteiger partial charge on any atom is -0.404 e. The zero-order chi connectivity index (χ0) is 19.6. The minimum absolute atomic E-state index is 0.131. The molecule has 2 aliphatic rings. The standard InChI is InChI=1S/C19H24N8O/c20-4-1-16(22)27-18-14(12-24-27)15(19(13-21)2-5-23-6-3-19)11-17(25-18)26-7-9-28-10-8-26/h1,4,11-12,22-23H,2-3,5-10,20H2/b4-1-,22-16?. The van der Waals surface area contributed by atoms with Gasteiger partial charge in [0, 0.05) is 18.5 Å². The third kappa shape index (κ3) is 3.10. The van der Waals surface area contributed by atoms with Gasteiger partial charge < -0.3 is 20.7 Å². The number of pyridine rings is 1. The molecule has 4 rings (SSSR count). The van der Waals surface area contributed by atoms with E-state index in [1.807, 2.05) is 6.07 Å². The molecule has 0 atom stereocenters. The van der Waals surface area contributed by atoms with Crippen LogP contribution in [0, 0.1) is 16.7 Å². The van der Waals surface area contributed by atoms with Crippen molar-refractivity contribution in [2.24, 2.45) is 5.73 Å². The molecule has 2 fully saturated rings. The van der Waals surface area contributed by atoms with Crippen LogP contribution in [0.25, 0.3) is 11.0 Å². The van der Waals surface area contributed by atoms with E-state index in [0.717, 1.165) is 55.8 Å². The van der Waals surface area contributed by atoms with Crippen LogP contribution in [0.5, 0.6) is 0 Å². The summed E-state index contributed by atoms with van der Waals surface area (Å²) in [5, 5.41) is 26.9. The third-order valence-corrected chi connectivity index (χ3v) is 5.53. The maximum Gasteiger partial charge on any atom is 0.167 e. The minimum atomic E-state index is -0.590. The van der Waals surface area contributed by atoms with E-state index in [2.05, 4.69) is 21.4 Å². The normalized spacial score (nSPS) is 19.8. The molecule has 2 aromatic rings. The molecule has 0 radical (unpaired) electrons. The Kier molecular flexibility index (Phi) is 4.98. The number of morpholine rings is 1. The van der Waals surface area contributed by atoms with E-state index in [1.54, 1.807) is 6.20 Å². The largest absolute Gasteiger partial charge is 0.404 e. The number of allylic oxidation sites excluding steroid dienone is 1. The summed E-state index contributed by atoms with van der Waals surface area (Å²) in [6.45, 7) is 4.37. The summed E-state index contributed by atoms with van der Waals surface area (Å²) in [6.07, 6.45) is 5.96. The fourth-order valence-electron chi connectivity index (χ4n) is 3.97. The summed E-state index contributed by atoms with van der Waals surface area (Å²) >= 11 is 0. The summed E-state index contributed by atoms with van der Waals surface area (Å²) in [5.41, 5.74) is 6.39. The van der Waals surface area contributed by atoms with Gasteiger partial charge in [-0.1, -0.05) is 0 Å². The number of rotatable bonds is 3. The van der Waals surface area contributed by atoms with Gasteiger partial charge in [0.15, 0.2) is 5.65 Å². The van der Waals surface area contributed by atoms with Gasteiger partial charge in [0.25, 0.3) is 0 Å². The van der Waals surface area contributed by atoms with Crippen molar-refractivity contribution < 1.29 is 4.74 Å². The van der Waals surface area contributed by atoms with Gasteiger partial charge in [-0.2, -0.15) is 15.0 Å². The number of nitriles is 1. The fourth-order valence-corrected chi connectivity index (χ4v) is 3.97. The highest BCUT2D eigenvalue weighted by Crippen LogP contribution is 2.38. The Morgan fingerprint density at radius 3 is 2.79 bits per heavy atom. The molecule has 2 aliphatic heterocycles. The number of nitrogens with one attached hydrogen (secondary N) is 2. The van der Waals surface area contributed by atoms with Crippen molar-refractivity contribution >= 4 is 22.7 Å². The Hall–Kier alpha value is -2.96. The van der Waals surface area contributed by atoms with Crippen molar-refractivity contribution in [1.82, 2.24) is 20.1 Å². The molecular formula is C19H24N8O. The van der Waals surface area contributed by atoms with Gasteiger partial charge in [0.2, 0.25) is 0 Å². The maximum absolute atomic E-state index is 10.1. The van der Waals surface area contributed by atoms with E-state index < -0.39 is 5.41 Å². The van der Waals surface area contributed by atoms with Gasteiger partial charge in [-0.05, 0) is 49.8 Å². The van der Waals surface area contributed by atoms with E-state index in [1.165, 1.54) is 17.0 Å². The van der Waals surface area contributed by atoms with Crippen molar-refractivity contribution in [3.63, 3.8) is 0 Å². The number of nitrogens with zero attached hydrogens (tertiary/aromatic N) is 5. The smallest absolute Gasteiger partial charge is 0.167 e. The molecule has 146 valence electrons. The zero-order valence-electron chi connectivity index (χ0n) is 15.7. The van der Waals surface area contributed by atoms with Crippen LogP contribution < -0.4 is 16.0 Å². The summed E-state index contributed by atoms with van der Waals surface area (Å²) in [5.74, 6) is 0.927. The van der Waals surface area contributed by atoms with Gasteiger partial charge in [0.1, 0.15) is 11.7 Å². The van der Waals surface area contributed by atoms with Crippen molar-refractivity contribution in [2.45, 2.75) is 18.3 Å². The lowest BCUT2D eigenvalue weighted by atomic mass is 9.73. The lowest BCUT2D eigenvalue weighted by Gasteiger charge is -2.34. The molecule has 4 heterocycles. The molecule has 9 heteroatoms. The first-order chi connectivity index (χ1) is 13.7. The summed E-state index contributed by atoms with van der Waals surface area (Å²) < 4.78 is 6.94. The average molecular weight is 380 g/mol. The van der Waals surface area contributed by atoms with E-state index in [4.69, 9.17) is 20.9 Å². The molecule has 0 bridgehead atoms. The van der Waals surface area contributed by atoms with Gasteiger partial charge >= 0.3 is 0 Å². The predicted molar refractivity (Wildman–Crippen MR) is 106 cm³/mol. The molecule has 0 aliphatic carbocycles. The monoisotopic (exact) mass is 380 g/mol. The third-order valence-electron chi connectivity index (χ3n) is 5.53. The first-order valence-corrected chi connectivity index (χ1v) is 9.50. The van der Waals surface area contributed by atoms with Crippen LogP contribution in [0.4, 0.5) is 5.82 Å². The lowest BCUT2D eigenvalue weighted by molar-refractivity contribution is 0.122. The number of ether oxygens (including phenoxy) is 1. The van der Waals surface area contributed by atoms with Crippen LogP contribution in [-0.4, -0.2) is 60.0 Å². The molecule has 28 heavy (non-hydrogen) atoms. The highest BCUT2D eigenvalue weighted by atomic mass is 16.5. The van der Waals surface area contributed by atoms with Gasteiger partial charge in [-0.3, -0.25) is 5.41 Å². The fraction of sp³-hybridized carbons (Fsp3) is 0.474. The summed E-state index contributed by atoms with van der Waals surface area (Å²) in [4.78, 5) is 6.98. The van der Waals surface area contributed by atoms with Crippen molar-refractivity contribution in [3.05, 3.63) is 30.1 Å². The topological polar surface area (TPSA) is 129 Å². The van der Waals surface area contributed by atoms with E-state index in [9.17, 15) is 5.26 Å². The van der Waals surface area contributed by atoms with Crippen LogP contribution >= 0.6 is 0 Å². The number of anilines is 1. The second-order valence-corrected chi connectivity index (χ2v) is 7.11. The second-order valence-electron chi connectivity index (χ2n) is 7.11. The molecule has 0 saturated carbocycles. The zero-order valence-corrected chi connectivity index (χ0v) is 15.7. The number of nitrogens with two attached hydrogens (primary N) is 1. The van der Waals surface area contributed by atoms with Crippen LogP contribution in [-0.2, 0) is 10.2 Å². The van der Waals surface area contributed by atoms with Gasteiger partial charge in [-0.25, -0.2) is 4.98 Å². The number of hydrogen-bond acceptors (Lipinski definition) is 8. The first-order valence-electron chi connectivity index (χ1n) is 9.50. The Labute approximate surface area is 163 Å². The van der Waals surface area contributed by atoms with Gasteiger partial charge in [-0.15, -0.1) is 0 Å². The maximum atomic E-state index is 10.1. The second kappa shape index (κ2) is 7.58. The Morgan fingerprint density at radius 2 is 2.11 bits per heavy atom. The van der Waals surface area contributed by atoms with Crippen LogP contribution in [0.15, 0.2) is 24.5 Å². The predicted octanol–water partition coefficient (Wildman–Crippen LogP) is 0.710. The molecule has 4 N–H and O–H groups in total. The quantitative estimate of drug-likeness (QED) is 0.528. The highest BCUT2D eigenvalue weighted by molar-refractivity contribution is 5.98. The van der Waals surface area contributed by atoms with E-state index in [0.29, 0.717) is 18.9 Å². The molecular weight excluding hydrogens is 356 g/mol. The SMILES string of the molecule is N#CC1(c2cc(N3CCOCC3)nc3c2cnn3C(=N)/C=C\N)CCNCC1. The van der Waals surface area contributed by atoms with Crippen molar-refractivity contribution in [2.75, 3.05) is 44.3 Å². The molecule has 0 amide bonds.